The van der Waals surface area contributed by atoms with Crippen LogP contribution >= 0.6 is 23.4 Å². The van der Waals surface area contributed by atoms with E-state index < -0.39 is 6.17 Å². The van der Waals surface area contributed by atoms with Gasteiger partial charge in [0, 0.05) is 22.1 Å². The first-order valence-electron chi connectivity index (χ1n) is 10.4. The first-order chi connectivity index (χ1) is 16.0. The van der Waals surface area contributed by atoms with Crippen molar-refractivity contribution < 1.29 is 13.9 Å². The maximum atomic E-state index is 13.2. The van der Waals surface area contributed by atoms with Crippen molar-refractivity contribution in [2.45, 2.75) is 24.7 Å². The van der Waals surface area contributed by atoms with E-state index in [2.05, 4.69) is 10.1 Å². The molecule has 0 radical (unpaired) electrons. The molecule has 33 heavy (non-hydrogen) atoms. The molecule has 2 aromatic carbocycles. The van der Waals surface area contributed by atoms with Crippen LogP contribution in [0.15, 0.2) is 75.0 Å². The summed E-state index contributed by atoms with van der Waals surface area (Å²) in [5.41, 5.74) is 2.18. The van der Waals surface area contributed by atoms with E-state index >= 15 is 0 Å². The number of furan rings is 1. The van der Waals surface area contributed by atoms with Crippen LogP contribution in [0.3, 0.4) is 0 Å². The molecule has 1 aliphatic heterocycles. The molecular formula is C24H20ClN4O3S+. The van der Waals surface area contributed by atoms with Gasteiger partial charge in [-0.2, -0.15) is 0 Å². The molecule has 2 aromatic heterocycles. The van der Waals surface area contributed by atoms with Crippen LogP contribution in [0.5, 0.6) is 0 Å². The Morgan fingerprint density at radius 3 is 2.79 bits per heavy atom. The summed E-state index contributed by atoms with van der Waals surface area (Å²) in [6.45, 7) is 1.81. The second-order valence-electron chi connectivity index (χ2n) is 7.48. The number of aromatic nitrogens is 3. The number of para-hydroxylation sites is 1. The highest BCUT2D eigenvalue weighted by molar-refractivity contribution is 7.98. The number of carbonyl (C=O) groups is 1. The molecule has 1 unspecified atom stereocenters. The number of benzene rings is 2. The Hall–Kier alpha value is -3.36. The predicted molar refractivity (Wildman–Crippen MR) is 127 cm³/mol. The van der Waals surface area contributed by atoms with E-state index in [0.29, 0.717) is 38.6 Å². The highest BCUT2D eigenvalue weighted by Gasteiger charge is 2.47. The number of nitrogens with one attached hydrogen (secondary N) is 1. The Balaban J connectivity index is 1.76. The van der Waals surface area contributed by atoms with Crippen molar-refractivity contribution in [2.75, 3.05) is 11.2 Å². The molecule has 3 heterocycles. The number of fused-ring (bicyclic) bond motifs is 3. The highest BCUT2D eigenvalue weighted by atomic mass is 35.5. The van der Waals surface area contributed by atoms with Crippen LogP contribution in [-0.2, 0) is 4.79 Å². The number of anilines is 1. The Labute approximate surface area is 199 Å². The predicted octanol–water partition coefficient (Wildman–Crippen LogP) is 4.66. The Kier molecular flexibility index (Phi) is 5.55. The minimum absolute atomic E-state index is 0.112. The van der Waals surface area contributed by atoms with Crippen LogP contribution in [0, 0.1) is 0 Å². The van der Waals surface area contributed by atoms with Crippen molar-refractivity contribution in [3.05, 3.63) is 81.8 Å². The lowest BCUT2D eigenvalue weighted by Crippen LogP contribution is -2.60. The van der Waals surface area contributed by atoms with Gasteiger partial charge in [-0.25, -0.2) is 4.90 Å². The maximum Gasteiger partial charge on any atom is 0.325 e. The number of rotatable bonds is 4. The quantitative estimate of drug-likeness (QED) is 0.340. The zero-order chi connectivity index (χ0) is 23.1. The van der Waals surface area contributed by atoms with Gasteiger partial charge in [0.2, 0.25) is 11.1 Å². The minimum atomic E-state index is -0.761. The molecule has 0 saturated carbocycles. The van der Waals surface area contributed by atoms with Crippen LogP contribution in [-0.4, -0.2) is 22.2 Å². The number of carbonyl (C=O) groups excluding carboxylic acids is 1. The van der Waals surface area contributed by atoms with Crippen molar-refractivity contribution in [3.63, 3.8) is 0 Å². The molecule has 0 saturated heterocycles. The van der Waals surface area contributed by atoms with E-state index in [4.69, 9.17) is 16.0 Å². The van der Waals surface area contributed by atoms with Gasteiger partial charge in [-0.3, -0.25) is 14.6 Å². The Morgan fingerprint density at radius 1 is 1.21 bits per heavy atom. The molecule has 1 aliphatic rings. The van der Waals surface area contributed by atoms with Crippen molar-refractivity contribution in [2.24, 2.45) is 0 Å². The summed E-state index contributed by atoms with van der Waals surface area (Å²) >= 11 is 7.48. The summed E-state index contributed by atoms with van der Waals surface area (Å²) in [5, 5.41) is 5.70. The van der Waals surface area contributed by atoms with Crippen molar-refractivity contribution in [1.29, 1.82) is 0 Å². The Bertz CT molecular complexity index is 1430. The Morgan fingerprint density at radius 2 is 2.03 bits per heavy atom. The third-order valence-corrected chi connectivity index (χ3v) is 6.32. The second kappa shape index (κ2) is 8.53. The fourth-order valence-electron chi connectivity index (χ4n) is 4.05. The zero-order valence-electron chi connectivity index (χ0n) is 17.9. The second-order valence-corrected chi connectivity index (χ2v) is 8.71. The number of amides is 1. The van der Waals surface area contributed by atoms with Gasteiger partial charge < -0.3 is 4.42 Å². The average Bonchev–Trinajstić information content (AvgIpc) is 3.32. The standard InChI is InChI=1S/C24H19ClN4O3S/c1-3-20(30)28-17-10-5-4-9-16(17)21-22(31)26-24(33-2)27-29(21)23(28)19-12-11-18(32-19)14-7-6-8-15(25)13-14/h4-13,23H,3H2,1-2H3/p+1. The van der Waals surface area contributed by atoms with Crippen molar-refractivity contribution in [3.8, 4) is 22.6 Å². The average molecular weight is 480 g/mol. The number of nitrogens with zero attached hydrogens (tertiary/aromatic N) is 3. The zero-order valence-corrected chi connectivity index (χ0v) is 19.5. The summed E-state index contributed by atoms with van der Waals surface area (Å²) < 4.78 is 7.83. The van der Waals surface area contributed by atoms with E-state index in [0.717, 1.165) is 5.56 Å². The molecular weight excluding hydrogens is 460 g/mol. The van der Waals surface area contributed by atoms with Gasteiger partial charge in [0.15, 0.2) is 5.76 Å². The molecule has 7 nitrogen and oxygen atoms in total. The molecule has 5 rings (SSSR count). The minimum Gasteiger partial charge on any atom is -0.452 e. The number of aromatic amines is 1. The molecule has 1 N–H and O–H groups in total. The fourth-order valence-corrected chi connectivity index (χ4v) is 4.60. The molecule has 0 aliphatic carbocycles. The number of halogens is 1. The van der Waals surface area contributed by atoms with Crippen LogP contribution in [0.2, 0.25) is 5.02 Å². The van der Waals surface area contributed by atoms with E-state index in [1.165, 1.54) is 11.8 Å². The summed E-state index contributed by atoms with van der Waals surface area (Å²) in [6, 6.07) is 18.3. The summed E-state index contributed by atoms with van der Waals surface area (Å²) in [4.78, 5) is 30.8. The topological polar surface area (TPSA) is 83.1 Å². The first-order valence-corrected chi connectivity index (χ1v) is 12.0. The lowest BCUT2D eigenvalue weighted by molar-refractivity contribution is -0.764. The van der Waals surface area contributed by atoms with Crippen LogP contribution < -0.4 is 15.1 Å². The third-order valence-electron chi connectivity index (χ3n) is 5.51. The molecule has 1 atom stereocenters. The molecule has 0 spiro atoms. The van der Waals surface area contributed by atoms with Crippen molar-refractivity contribution >= 4 is 35.0 Å². The monoisotopic (exact) mass is 479 g/mol. The van der Waals surface area contributed by atoms with Crippen LogP contribution in [0.25, 0.3) is 22.6 Å². The van der Waals surface area contributed by atoms with Gasteiger partial charge in [0.1, 0.15) is 5.76 Å². The van der Waals surface area contributed by atoms with Gasteiger partial charge in [-0.05, 0) is 47.3 Å². The number of H-pyrrole nitrogens is 1. The van der Waals surface area contributed by atoms with E-state index in [1.54, 1.807) is 22.6 Å². The SMILES string of the molecule is CCC(=O)N1c2ccccc2-c2c(=O)[nH]c(SC)n[n+]2C1c1ccc(-c2cccc(Cl)c2)o1. The van der Waals surface area contributed by atoms with Crippen LogP contribution in [0.4, 0.5) is 5.69 Å². The molecule has 0 fully saturated rings. The van der Waals surface area contributed by atoms with Crippen molar-refractivity contribution in [1.82, 2.24) is 10.1 Å². The maximum absolute atomic E-state index is 13.2. The van der Waals surface area contributed by atoms with Gasteiger partial charge in [0.05, 0.1) is 11.3 Å². The van der Waals surface area contributed by atoms with E-state index in [1.807, 2.05) is 60.9 Å². The lowest BCUT2D eigenvalue weighted by Gasteiger charge is -2.30. The van der Waals surface area contributed by atoms with Gasteiger partial charge >= 0.3 is 17.4 Å². The molecule has 0 bridgehead atoms. The van der Waals surface area contributed by atoms with E-state index in [-0.39, 0.29) is 17.9 Å². The number of hydrogen-bond donors (Lipinski definition) is 1. The van der Waals surface area contributed by atoms with Gasteiger partial charge in [0.25, 0.3) is 0 Å². The van der Waals surface area contributed by atoms with Gasteiger partial charge in [-0.1, -0.05) is 54.6 Å². The summed E-state index contributed by atoms with van der Waals surface area (Å²) in [5.74, 6) is 0.976. The largest absolute Gasteiger partial charge is 0.452 e. The number of thioether (sulfide) groups is 1. The third kappa shape index (κ3) is 3.65. The first kappa shape index (κ1) is 21.5. The van der Waals surface area contributed by atoms with Gasteiger partial charge in [-0.15, -0.1) is 0 Å². The van der Waals surface area contributed by atoms with Crippen LogP contribution in [0.1, 0.15) is 25.3 Å². The summed E-state index contributed by atoms with van der Waals surface area (Å²) in [6.07, 6.45) is 1.35. The summed E-state index contributed by atoms with van der Waals surface area (Å²) in [7, 11) is 0. The lowest BCUT2D eigenvalue weighted by atomic mass is 10.0. The highest BCUT2D eigenvalue weighted by Crippen LogP contribution is 2.39. The number of hydrogen-bond acceptors (Lipinski definition) is 5. The fraction of sp³-hybridized carbons (Fsp3) is 0.167. The van der Waals surface area contributed by atoms with E-state index in [9.17, 15) is 9.59 Å². The molecule has 166 valence electrons. The smallest absolute Gasteiger partial charge is 0.325 e. The molecule has 1 amide bonds. The molecule has 9 heteroatoms. The molecule has 4 aromatic rings. The normalized spacial score (nSPS) is 14.6.